The second-order valence-electron chi connectivity index (χ2n) is 7.16. The first-order chi connectivity index (χ1) is 15.1. The molecule has 3 aromatic rings. The van der Waals surface area contributed by atoms with Crippen LogP contribution in [0.15, 0.2) is 62.9 Å². The largest absolute Gasteiger partial charge is 0.467 e. The summed E-state index contributed by atoms with van der Waals surface area (Å²) in [5, 5.41) is 13.0. The van der Waals surface area contributed by atoms with Crippen LogP contribution in [-0.4, -0.2) is 47.1 Å². The molecular formula is C22H24N4O3S2. The average molecular weight is 457 g/mol. The molecule has 0 saturated heterocycles. The smallest absolute Gasteiger partial charge is 0.257 e. The van der Waals surface area contributed by atoms with Crippen molar-refractivity contribution in [3.05, 3.63) is 68.9 Å². The summed E-state index contributed by atoms with van der Waals surface area (Å²) >= 11 is 3.21. The van der Waals surface area contributed by atoms with Gasteiger partial charge in [-0.2, -0.15) is 5.10 Å². The molecule has 7 nitrogen and oxygen atoms in total. The Morgan fingerprint density at radius 3 is 2.71 bits per heavy atom. The number of carbonyl (C=O) groups is 2. The Morgan fingerprint density at radius 1 is 1.19 bits per heavy atom. The average Bonchev–Trinajstić information content (AvgIpc) is 3.58. The lowest BCUT2D eigenvalue weighted by atomic mass is 10.1. The van der Waals surface area contributed by atoms with E-state index in [0.29, 0.717) is 25.3 Å². The number of amides is 2. The van der Waals surface area contributed by atoms with Crippen LogP contribution in [-0.2, 0) is 16.1 Å². The quantitative estimate of drug-likeness (QED) is 0.532. The summed E-state index contributed by atoms with van der Waals surface area (Å²) in [6, 6.07) is 11.3. The highest BCUT2D eigenvalue weighted by molar-refractivity contribution is 7.12. The summed E-state index contributed by atoms with van der Waals surface area (Å²) < 4.78 is 5.59. The molecule has 4 heterocycles. The van der Waals surface area contributed by atoms with E-state index in [1.54, 1.807) is 28.9 Å². The van der Waals surface area contributed by atoms with Crippen molar-refractivity contribution in [3.63, 3.8) is 0 Å². The van der Waals surface area contributed by atoms with Gasteiger partial charge in [-0.3, -0.25) is 14.5 Å². The van der Waals surface area contributed by atoms with Crippen molar-refractivity contribution in [3.8, 4) is 0 Å². The van der Waals surface area contributed by atoms with Crippen LogP contribution in [0, 0.1) is 0 Å². The Kier molecular flexibility index (Phi) is 6.96. The second kappa shape index (κ2) is 10.0. The van der Waals surface area contributed by atoms with E-state index in [9.17, 15) is 9.59 Å². The Bertz CT molecular complexity index is 1010. The first-order valence-corrected chi connectivity index (χ1v) is 11.9. The zero-order chi connectivity index (χ0) is 21.6. The van der Waals surface area contributed by atoms with E-state index in [4.69, 9.17) is 4.42 Å². The van der Waals surface area contributed by atoms with E-state index >= 15 is 0 Å². The lowest BCUT2D eigenvalue weighted by Gasteiger charge is -2.24. The summed E-state index contributed by atoms with van der Waals surface area (Å²) in [6.07, 6.45) is 2.21. The van der Waals surface area contributed by atoms with E-state index < -0.39 is 0 Å². The molecular weight excluding hydrogens is 432 g/mol. The third kappa shape index (κ3) is 5.30. The third-order valence-corrected chi connectivity index (χ3v) is 6.85. The lowest BCUT2D eigenvalue weighted by Crippen LogP contribution is -2.43. The van der Waals surface area contributed by atoms with Crippen molar-refractivity contribution < 1.29 is 14.0 Å². The molecule has 0 radical (unpaired) electrons. The first-order valence-electron chi connectivity index (χ1n) is 10.1. The van der Waals surface area contributed by atoms with Gasteiger partial charge in [0.25, 0.3) is 5.91 Å². The number of rotatable bonds is 9. The van der Waals surface area contributed by atoms with Gasteiger partial charge >= 0.3 is 0 Å². The van der Waals surface area contributed by atoms with E-state index in [2.05, 4.69) is 10.4 Å². The molecule has 1 atom stereocenters. The SMILES string of the molecule is CCN(CC(=O)NCc1cccs1)CC(=O)N1N=C(c2cccs2)CC1c1ccco1. The number of carbonyl (C=O) groups excluding carboxylic acids is 2. The van der Waals surface area contributed by atoms with Crippen molar-refractivity contribution in [1.82, 2.24) is 15.2 Å². The highest BCUT2D eigenvalue weighted by Gasteiger charge is 2.35. The van der Waals surface area contributed by atoms with Gasteiger partial charge in [-0.1, -0.05) is 19.1 Å². The maximum atomic E-state index is 13.2. The number of hydrogen-bond donors (Lipinski definition) is 1. The minimum Gasteiger partial charge on any atom is -0.467 e. The Hall–Kier alpha value is -2.75. The van der Waals surface area contributed by atoms with Crippen LogP contribution in [0.4, 0.5) is 0 Å². The van der Waals surface area contributed by atoms with Crippen LogP contribution in [0.5, 0.6) is 0 Å². The molecule has 4 rings (SSSR count). The summed E-state index contributed by atoms with van der Waals surface area (Å²) in [6.45, 7) is 3.30. The van der Waals surface area contributed by atoms with Gasteiger partial charge in [-0.05, 0) is 41.6 Å². The maximum absolute atomic E-state index is 13.2. The monoisotopic (exact) mass is 456 g/mol. The predicted molar refractivity (Wildman–Crippen MR) is 122 cm³/mol. The molecule has 0 saturated carbocycles. The number of furan rings is 1. The number of nitrogens with zero attached hydrogens (tertiary/aromatic N) is 3. The van der Waals surface area contributed by atoms with Crippen molar-refractivity contribution in [1.29, 1.82) is 0 Å². The number of hydrazone groups is 1. The fourth-order valence-corrected chi connectivity index (χ4v) is 4.80. The van der Waals surface area contributed by atoms with Crippen molar-refractivity contribution in [2.24, 2.45) is 5.10 Å². The minimum atomic E-state index is -0.272. The van der Waals surface area contributed by atoms with Crippen LogP contribution < -0.4 is 5.32 Å². The molecule has 162 valence electrons. The Morgan fingerprint density at radius 2 is 2.03 bits per heavy atom. The van der Waals surface area contributed by atoms with Crippen LogP contribution in [0.2, 0.25) is 0 Å². The molecule has 3 aromatic heterocycles. The third-order valence-electron chi connectivity index (χ3n) is 5.06. The minimum absolute atomic E-state index is 0.102. The van der Waals surface area contributed by atoms with Gasteiger partial charge in [-0.15, -0.1) is 22.7 Å². The van der Waals surface area contributed by atoms with Crippen LogP contribution in [0.3, 0.4) is 0 Å². The molecule has 1 aliphatic heterocycles. The van der Waals surface area contributed by atoms with Gasteiger partial charge in [0.05, 0.1) is 36.5 Å². The number of thiophene rings is 2. The maximum Gasteiger partial charge on any atom is 0.257 e. The molecule has 1 N–H and O–H groups in total. The molecule has 0 aromatic carbocycles. The topological polar surface area (TPSA) is 78.2 Å². The van der Waals surface area contributed by atoms with Crippen molar-refractivity contribution in [2.45, 2.75) is 25.9 Å². The molecule has 0 spiro atoms. The number of nitrogens with one attached hydrogen (secondary N) is 1. The van der Waals surface area contributed by atoms with Gasteiger partial charge in [0.15, 0.2) is 0 Å². The highest BCUT2D eigenvalue weighted by atomic mass is 32.1. The fourth-order valence-electron chi connectivity index (χ4n) is 3.44. The molecule has 31 heavy (non-hydrogen) atoms. The number of hydrogen-bond acceptors (Lipinski definition) is 7. The van der Waals surface area contributed by atoms with Crippen LogP contribution in [0.1, 0.15) is 34.9 Å². The van der Waals surface area contributed by atoms with Gasteiger partial charge in [0, 0.05) is 11.3 Å². The second-order valence-corrected chi connectivity index (χ2v) is 9.14. The van der Waals surface area contributed by atoms with E-state index in [0.717, 1.165) is 15.5 Å². The molecule has 0 aliphatic carbocycles. The fraction of sp³-hybridized carbons (Fsp3) is 0.318. The Balaban J connectivity index is 1.40. The first kappa shape index (κ1) is 21.5. The van der Waals surface area contributed by atoms with Gasteiger partial charge in [-0.25, -0.2) is 5.01 Å². The molecule has 2 amide bonds. The Labute approximate surface area is 189 Å². The van der Waals surface area contributed by atoms with E-state index in [-0.39, 0.29) is 30.9 Å². The molecule has 0 bridgehead atoms. The van der Waals surface area contributed by atoms with Crippen LogP contribution >= 0.6 is 22.7 Å². The summed E-state index contributed by atoms with van der Waals surface area (Å²) in [5.74, 6) is 0.455. The molecule has 0 fully saturated rings. The van der Waals surface area contributed by atoms with E-state index in [1.807, 2.05) is 59.0 Å². The summed E-state index contributed by atoms with van der Waals surface area (Å²) in [4.78, 5) is 29.5. The van der Waals surface area contributed by atoms with Crippen molar-refractivity contribution in [2.75, 3.05) is 19.6 Å². The summed E-state index contributed by atoms with van der Waals surface area (Å²) in [5.41, 5.74) is 0.876. The normalized spacial score (nSPS) is 16.0. The lowest BCUT2D eigenvalue weighted by molar-refractivity contribution is -0.135. The standard InChI is InChI=1S/C22H24N4O3S2/c1-2-25(14-21(27)23-13-16-6-4-10-30-16)15-22(28)26-18(19-7-3-9-29-19)12-17(24-26)20-8-5-11-31-20/h3-11,18H,2,12-15H2,1H3,(H,23,27). The zero-order valence-electron chi connectivity index (χ0n) is 17.2. The molecule has 1 aliphatic rings. The van der Waals surface area contributed by atoms with Gasteiger partial charge < -0.3 is 9.73 Å². The van der Waals surface area contributed by atoms with Gasteiger partial charge in [0.1, 0.15) is 11.8 Å². The summed E-state index contributed by atoms with van der Waals surface area (Å²) in [7, 11) is 0. The molecule has 1 unspecified atom stereocenters. The highest BCUT2D eigenvalue weighted by Crippen LogP contribution is 2.34. The zero-order valence-corrected chi connectivity index (χ0v) is 18.8. The molecule has 9 heteroatoms. The number of likely N-dealkylation sites (N-methyl/N-ethyl adjacent to an activating group) is 1. The van der Waals surface area contributed by atoms with Crippen molar-refractivity contribution >= 4 is 40.2 Å². The van der Waals surface area contributed by atoms with Gasteiger partial charge in [0.2, 0.25) is 5.91 Å². The van der Waals surface area contributed by atoms with Crippen LogP contribution in [0.25, 0.3) is 0 Å². The predicted octanol–water partition coefficient (Wildman–Crippen LogP) is 3.72. The van der Waals surface area contributed by atoms with E-state index in [1.165, 1.54) is 5.01 Å².